The van der Waals surface area contributed by atoms with E-state index in [1.54, 1.807) is 42.5 Å². The molecule has 6 heteroatoms. The molecule has 0 saturated carbocycles. The molecule has 0 heterocycles. The van der Waals surface area contributed by atoms with Crippen molar-refractivity contribution in [3.05, 3.63) is 59.1 Å². The average molecular weight is 305 g/mol. The SMILES string of the molecule is O=C(COc1cccc(Cl)c1)NN=Cc1cccc(O)c1. The molecule has 0 atom stereocenters. The topological polar surface area (TPSA) is 70.9 Å². The van der Waals surface area contributed by atoms with Gasteiger partial charge in [0.25, 0.3) is 5.91 Å². The van der Waals surface area contributed by atoms with Crippen LogP contribution < -0.4 is 10.2 Å². The number of aromatic hydroxyl groups is 1. The van der Waals surface area contributed by atoms with Crippen molar-refractivity contribution in [2.45, 2.75) is 0 Å². The molecule has 2 N–H and O–H groups in total. The molecule has 0 aliphatic heterocycles. The largest absolute Gasteiger partial charge is 0.508 e. The van der Waals surface area contributed by atoms with E-state index in [0.29, 0.717) is 16.3 Å². The van der Waals surface area contributed by atoms with Crippen molar-refractivity contribution < 1.29 is 14.6 Å². The number of carbonyl (C=O) groups is 1. The highest BCUT2D eigenvalue weighted by Gasteiger charge is 2.01. The van der Waals surface area contributed by atoms with Crippen molar-refractivity contribution in [1.82, 2.24) is 5.43 Å². The number of phenolic OH excluding ortho intramolecular Hbond substituents is 1. The Morgan fingerprint density at radius 2 is 2.10 bits per heavy atom. The lowest BCUT2D eigenvalue weighted by molar-refractivity contribution is -0.123. The second kappa shape index (κ2) is 7.31. The van der Waals surface area contributed by atoms with E-state index >= 15 is 0 Å². The number of carbonyl (C=O) groups excluding carboxylic acids is 1. The van der Waals surface area contributed by atoms with Crippen molar-refractivity contribution in [3.8, 4) is 11.5 Å². The summed E-state index contributed by atoms with van der Waals surface area (Å²) in [4.78, 5) is 11.5. The van der Waals surface area contributed by atoms with Crippen LogP contribution in [0.5, 0.6) is 11.5 Å². The van der Waals surface area contributed by atoms with E-state index in [1.165, 1.54) is 12.3 Å². The first-order valence-corrected chi connectivity index (χ1v) is 6.50. The lowest BCUT2D eigenvalue weighted by Gasteiger charge is -2.04. The Balaban J connectivity index is 1.80. The van der Waals surface area contributed by atoms with Gasteiger partial charge in [-0.05, 0) is 35.9 Å². The second-order valence-corrected chi connectivity index (χ2v) is 4.57. The van der Waals surface area contributed by atoms with Gasteiger partial charge in [0, 0.05) is 5.02 Å². The van der Waals surface area contributed by atoms with Crippen LogP contribution in [0, 0.1) is 0 Å². The number of nitrogens with zero attached hydrogens (tertiary/aromatic N) is 1. The summed E-state index contributed by atoms with van der Waals surface area (Å²) in [6.07, 6.45) is 1.43. The highest BCUT2D eigenvalue weighted by Crippen LogP contribution is 2.16. The number of rotatable bonds is 5. The first-order chi connectivity index (χ1) is 10.1. The van der Waals surface area contributed by atoms with Gasteiger partial charge in [-0.25, -0.2) is 5.43 Å². The van der Waals surface area contributed by atoms with Gasteiger partial charge in [-0.1, -0.05) is 29.8 Å². The molecule has 0 aliphatic rings. The van der Waals surface area contributed by atoms with Crippen molar-refractivity contribution in [2.24, 2.45) is 5.10 Å². The zero-order valence-electron chi connectivity index (χ0n) is 11.0. The second-order valence-electron chi connectivity index (χ2n) is 4.13. The molecule has 0 aliphatic carbocycles. The fraction of sp³-hybridized carbons (Fsp3) is 0.0667. The van der Waals surface area contributed by atoms with Crippen molar-refractivity contribution >= 4 is 23.7 Å². The molecule has 5 nitrogen and oxygen atoms in total. The van der Waals surface area contributed by atoms with E-state index in [0.717, 1.165) is 0 Å². The maximum atomic E-state index is 11.5. The molecule has 0 unspecified atom stereocenters. The number of amides is 1. The predicted molar refractivity (Wildman–Crippen MR) is 80.8 cm³/mol. The normalized spacial score (nSPS) is 10.5. The van der Waals surface area contributed by atoms with Crippen LogP contribution >= 0.6 is 11.6 Å². The van der Waals surface area contributed by atoms with Gasteiger partial charge in [0.1, 0.15) is 11.5 Å². The van der Waals surface area contributed by atoms with Crippen LogP contribution in [0.3, 0.4) is 0 Å². The van der Waals surface area contributed by atoms with Gasteiger partial charge in [0.2, 0.25) is 0 Å². The molecular weight excluding hydrogens is 292 g/mol. The van der Waals surface area contributed by atoms with E-state index < -0.39 is 5.91 Å². The summed E-state index contributed by atoms with van der Waals surface area (Å²) < 4.78 is 5.26. The molecule has 108 valence electrons. The number of hydrogen-bond donors (Lipinski definition) is 2. The zero-order valence-corrected chi connectivity index (χ0v) is 11.7. The molecule has 0 bridgehead atoms. The average Bonchev–Trinajstić information content (AvgIpc) is 2.45. The molecule has 0 saturated heterocycles. The first-order valence-electron chi connectivity index (χ1n) is 6.13. The van der Waals surface area contributed by atoms with Crippen molar-refractivity contribution in [3.63, 3.8) is 0 Å². The summed E-state index contributed by atoms with van der Waals surface area (Å²) in [6, 6.07) is 13.3. The minimum Gasteiger partial charge on any atom is -0.508 e. The van der Waals surface area contributed by atoms with Gasteiger partial charge < -0.3 is 9.84 Å². The summed E-state index contributed by atoms with van der Waals surface area (Å²) in [7, 11) is 0. The van der Waals surface area contributed by atoms with Crippen LogP contribution in [0.15, 0.2) is 53.6 Å². The molecular formula is C15H13ClN2O3. The van der Waals surface area contributed by atoms with E-state index in [2.05, 4.69) is 10.5 Å². The minimum absolute atomic E-state index is 0.134. The number of nitrogens with one attached hydrogen (secondary N) is 1. The van der Waals surface area contributed by atoms with Gasteiger partial charge in [0.05, 0.1) is 6.21 Å². The van der Waals surface area contributed by atoms with E-state index in [1.807, 2.05) is 0 Å². The van der Waals surface area contributed by atoms with Crippen molar-refractivity contribution in [1.29, 1.82) is 0 Å². The van der Waals surface area contributed by atoms with Gasteiger partial charge in [-0.2, -0.15) is 5.10 Å². The molecule has 2 aromatic rings. The third-order valence-corrected chi connectivity index (χ3v) is 2.67. The van der Waals surface area contributed by atoms with Crippen LogP contribution in [-0.4, -0.2) is 23.8 Å². The Labute approximate surface area is 126 Å². The maximum Gasteiger partial charge on any atom is 0.277 e. The van der Waals surface area contributed by atoms with E-state index in [-0.39, 0.29) is 12.4 Å². The highest BCUT2D eigenvalue weighted by atomic mass is 35.5. The fourth-order valence-electron chi connectivity index (χ4n) is 1.52. The third kappa shape index (κ3) is 5.16. The zero-order chi connectivity index (χ0) is 15.1. The van der Waals surface area contributed by atoms with Crippen LogP contribution in [0.1, 0.15) is 5.56 Å². The third-order valence-electron chi connectivity index (χ3n) is 2.44. The molecule has 0 spiro atoms. The Morgan fingerprint density at radius 3 is 2.86 bits per heavy atom. The minimum atomic E-state index is -0.397. The summed E-state index contributed by atoms with van der Waals surface area (Å²) >= 11 is 5.80. The number of ether oxygens (including phenoxy) is 1. The number of hydrogen-bond acceptors (Lipinski definition) is 4. The summed E-state index contributed by atoms with van der Waals surface area (Å²) in [5.41, 5.74) is 3.00. The predicted octanol–water partition coefficient (Wildman–Crippen LogP) is 2.57. The Morgan fingerprint density at radius 1 is 1.29 bits per heavy atom. The number of hydrazone groups is 1. The van der Waals surface area contributed by atoms with E-state index in [4.69, 9.17) is 16.3 Å². The van der Waals surface area contributed by atoms with Crippen LogP contribution in [0.4, 0.5) is 0 Å². The number of phenols is 1. The smallest absolute Gasteiger partial charge is 0.277 e. The monoisotopic (exact) mass is 304 g/mol. The molecule has 2 aromatic carbocycles. The lowest BCUT2D eigenvalue weighted by atomic mass is 10.2. The summed E-state index contributed by atoms with van der Waals surface area (Å²) in [5.74, 6) is 0.246. The lowest BCUT2D eigenvalue weighted by Crippen LogP contribution is -2.24. The molecule has 1 amide bonds. The standard InChI is InChI=1S/C15H13ClN2O3/c16-12-4-2-6-14(8-12)21-10-15(20)18-17-9-11-3-1-5-13(19)7-11/h1-9,19H,10H2,(H,18,20). The van der Waals surface area contributed by atoms with E-state index in [9.17, 15) is 9.90 Å². The van der Waals surface area contributed by atoms with Gasteiger partial charge >= 0.3 is 0 Å². The Bertz CT molecular complexity index is 659. The molecule has 0 aromatic heterocycles. The number of halogens is 1. The van der Waals surface area contributed by atoms with Crippen LogP contribution in [0.25, 0.3) is 0 Å². The fourth-order valence-corrected chi connectivity index (χ4v) is 1.70. The van der Waals surface area contributed by atoms with Gasteiger partial charge in [-0.15, -0.1) is 0 Å². The van der Waals surface area contributed by atoms with Crippen molar-refractivity contribution in [2.75, 3.05) is 6.61 Å². The van der Waals surface area contributed by atoms with Gasteiger partial charge in [0.15, 0.2) is 6.61 Å². The molecule has 21 heavy (non-hydrogen) atoms. The first kappa shape index (κ1) is 14.9. The molecule has 2 rings (SSSR count). The quantitative estimate of drug-likeness (QED) is 0.659. The summed E-state index contributed by atoms with van der Waals surface area (Å²) in [5, 5.41) is 13.6. The van der Waals surface area contributed by atoms with Gasteiger partial charge in [-0.3, -0.25) is 4.79 Å². The highest BCUT2D eigenvalue weighted by molar-refractivity contribution is 6.30. The number of benzene rings is 2. The Hall–Kier alpha value is -2.53. The van der Waals surface area contributed by atoms with Crippen LogP contribution in [0.2, 0.25) is 5.02 Å². The molecule has 0 fully saturated rings. The summed E-state index contributed by atoms with van der Waals surface area (Å²) in [6.45, 7) is -0.169. The maximum absolute atomic E-state index is 11.5. The van der Waals surface area contributed by atoms with Crippen LogP contribution in [-0.2, 0) is 4.79 Å². The Kier molecular flexibility index (Phi) is 5.17. The molecule has 0 radical (unpaired) electrons.